The number of nitrogens with one attached hydrogen (secondary N) is 2. The summed E-state index contributed by atoms with van der Waals surface area (Å²) in [6.45, 7) is 1.89. The van der Waals surface area contributed by atoms with Crippen molar-refractivity contribution in [2.75, 3.05) is 5.43 Å². The minimum Gasteiger partial charge on any atom is -0.343 e. The average Bonchev–Trinajstić information content (AvgIpc) is 2.85. The van der Waals surface area contributed by atoms with Crippen LogP contribution in [0.2, 0.25) is 4.34 Å². The molecular formula is C12H13ClN4OS. The van der Waals surface area contributed by atoms with Gasteiger partial charge in [0.05, 0.1) is 10.4 Å². The van der Waals surface area contributed by atoms with Crippen LogP contribution in [0.5, 0.6) is 0 Å². The minimum atomic E-state index is -0.255. The van der Waals surface area contributed by atoms with Crippen molar-refractivity contribution in [1.29, 1.82) is 0 Å². The molecule has 0 saturated carbocycles. The molecule has 5 nitrogen and oxygen atoms in total. The molecule has 0 aliphatic heterocycles. The SMILES string of the molecule is CC(NC(=O)c1cccc(NN)n1)c1ccc(Cl)s1. The first-order valence-corrected chi connectivity index (χ1v) is 6.79. The number of nitrogens with two attached hydrogens (primary N) is 1. The summed E-state index contributed by atoms with van der Waals surface area (Å²) >= 11 is 7.31. The molecule has 1 amide bonds. The summed E-state index contributed by atoms with van der Waals surface area (Å²) in [7, 11) is 0. The Kier molecular flexibility index (Phi) is 4.36. The van der Waals surface area contributed by atoms with Crippen molar-refractivity contribution in [3.8, 4) is 0 Å². The zero-order valence-corrected chi connectivity index (χ0v) is 11.8. The number of pyridine rings is 1. The van der Waals surface area contributed by atoms with E-state index in [-0.39, 0.29) is 11.9 Å². The van der Waals surface area contributed by atoms with Gasteiger partial charge in [0.2, 0.25) is 0 Å². The van der Waals surface area contributed by atoms with E-state index >= 15 is 0 Å². The number of nitrogen functional groups attached to an aromatic ring is 1. The molecule has 0 fully saturated rings. The third-order valence-electron chi connectivity index (χ3n) is 2.50. The van der Waals surface area contributed by atoms with E-state index < -0.39 is 0 Å². The second-order valence-electron chi connectivity index (χ2n) is 3.89. The highest BCUT2D eigenvalue weighted by atomic mass is 35.5. The summed E-state index contributed by atoms with van der Waals surface area (Å²) in [4.78, 5) is 17.1. The zero-order valence-electron chi connectivity index (χ0n) is 10.2. The molecule has 0 saturated heterocycles. The molecule has 4 N–H and O–H groups in total. The molecule has 19 heavy (non-hydrogen) atoms. The number of amides is 1. The number of carbonyl (C=O) groups excluding carboxylic acids is 1. The highest BCUT2D eigenvalue weighted by molar-refractivity contribution is 7.16. The third kappa shape index (κ3) is 3.44. The zero-order chi connectivity index (χ0) is 13.8. The van der Waals surface area contributed by atoms with Crippen molar-refractivity contribution in [3.05, 3.63) is 45.2 Å². The van der Waals surface area contributed by atoms with Crippen LogP contribution in [0.3, 0.4) is 0 Å². The lowest BCUT2D eigenvalue weighted by molar-refractivity contribution is 0.0935. The van der Waals surface area contributed by atoms with Gasteiger partial charge in [-0.1, -0.05) is 17.7 Å². The van der Waals surface area contributed by atoms with Crippen molar-refractivity contribution < 1.29 is 4.79 Å². The van der Waals surface area contributed by atoms with Gasteiger partial charge in [0.1, 0.15) is 11.5 Å². The lowest BCUT2D eigenvalue weighted by Crippen LogP contribution is -2.27. The molecule has 100 valence electrons. The Morgan fingerprint density at radius 3 is 2.84 bits per heavy atom. The van der Waals surface area contributed by atoms with Crippen LogP contribution in [0.1, 0.15) is 28.3 Å². The Bertz CT molecular complexity index is 587. The van der Waals surface area contributed by atoms with Gasteiger partial charge in [-0.3, -0.25) is 4.79 Å². The Hall–Kier alpha value is -1.63. The van der Waals surface area contributed by atoms with Crippen LogP contribution >= 0.6 is 22.9 Å². The van der Waals surface area contributed by atoms with E-state index in [1.807, 2.05) is 13.0 Å². The highest BCUT2D eigenvalue weighted by Gasteiger charge is 2.14. The summed E-state index contributed by atoms with van der Waals surface area (Å²) in [6.07, 6.45) is 0. The number of aromatic nitrogens is 1. The fraction of sp³-hybridized carbons (Fsp3) is 0.167. The van der Waals surface area contributed by atoms with Gasteiger partial charge < -0.3 is 10.7 Å². The Balaban J connectivity index is 2.08. The maximum atomic E-state index is 12.0. The number of hydrazine groups is 1. The number of hydrogen-bond donors (Lipinski definition) is 3. The van der Waals surface area contributed by atoms with Crippen molar-refractivity contribution >= 4 is 34.7 Å². The van der Waals surface area contributed by atoms with Crippen LogP contribution in [-0.4, -0.2) is 10.9 Å². The molecular weight excluding hydrogens is 284 g/mol. The highest BCUT2D eigenvalue weighted by Crippen LogP contribution is 2.26. The molecule has 0 aromatic carbocycles. The first-order chi connectivity index (χ1) is 9.10. The van der Waals surface area contributed by atoms with E-state index in [2.05, 4.69) is 15.7 Å². The number of thiophene rings is 1. The number of anilines is 1. The molecule has 0 spiro atoms. The van der Waals surface area contributed by atoms with Crippen molar-refractivity contribution in [2.24, 2.45) is 5.84 Å². The van der Waals surface area contributed by atoms with Gasteiger partial charge in [0.25, 0.3) is 5.91 Å². The van der Waals surface area contributed by atoms with Crippen LogP contribution in [0.25, 0.3) is 0 Å². The largest absolute Gasteiger partial charge is 0.343 e. The minimum absolute atomic E-state index is 0.124. The molecule has 0 bridgehead atoms. The van der Waals surface area contributed by atoms with Crippen LogP contribution in [0.4, 0.5) is 5.82 Å². The molecule has 2 rings (SSSR count). The maximum absolute atomic E-state index is 12.0. The average molecular weight is 297 g/mol. The van der Waals surface area contributed by atoms with Gasteiger partial charge in [0.15, 0.2) is 0 Å². The van der Waals surface area contributed by atoms with E-state index in [4.69, 9.17) is 17.4 Å². The number of rotatable bonds is 4. The van der Waals surface area contributed by atoms with Crippen molar-refractivity contribution in [1.82, 2.24) is 10.3 Å². The number of halogens is 1. The van der Waals surface area contributed by atoms with E-state index in [1.165, 1.54) is 11.3 Å². The van der Waals surface area contributed by atoms with Gasteiger partial charge >= 0.3 is 0 Å². The summed E-state index contributed by atoms with van der Waals surface area (Å²) < 4.78 is 0.698. The number of nitrogens with zero attached hydrogens (tertiary/aromatic N) is 1. The Labute approximate surface area is 119 Å². The van der Waals surface area contributed by atoms with E-state index in [1.54, 1.807) is 24.3 Å². The molecule has 1 unspecified atom stereocenters. The van der Waals surface area contributed by atoms with Crippen LogP contribution in [0.15, 0.2) is 30.3 Å². The standard InChI is InChI=1S/C12H13ClN4OS/c1-7(9-5-6-10(13)19-9)15-12(18)8-3-2-4-11(16-8)17-14/h2-7H,14H2,1H3,(H,15,18)(H,16,17). The van der Waals surface area contributed by atoms with Gasteiger partial charge in [-0.05, 0) is 31.2 Å². The predicted octanol–water partition coefficient (Wildman–Crippen LogP) is 2.57. The molecule has 7 heteroatoms. The van der Waals surface area contributed by atoms with Gasteiger partial charge in [0, 0.05) is 4.88 Å². The molecule has 2 heterocycles. The summed E-state index contributed by atoms with van der Waals surface area (Å²) in [5.41, 5.74) is 2.71. The Morgan fingerprint density at radius 2 is 2.21 bits per heavy atom. The lowest BCUT2D eigenvalue weighted by atomic mass is 10.2. The molecule has 0 radical (unpaired) electrons. The van der Waals surface area contributed by atoms with Gasteiger partial charge in [-0.25, -0.2) is 10.8 Å². The molecule has 2 aromatic rings. The number of hydrogen-bond acceptors (Lipinski definition) is 5. The van der Waals surface area contributed by atoms with Crippen LogP contribution < -0.4 is 16.6 Å². The fourth-order valence-electron chi connectivity index (χ4n) is 1.54. The Morgan fingerprint density at radius 1 is 1.42 bits per heavy atom. The summed E-state index contributed by atoms with van der Waals surface area (Å²) in [5, 5.41) is 2.86. The molecule has 1 atom stereocenters. The fourth-order valence-corrected chi connectivity index (χ4v) is 2.61. The normalized spacial score (nSPS) is 11.9. The van der Waals surface area contributed by atoms with E-state index in [0.717, 1.165) is 4.88 Å². The quantitative estimate of drug-likeness (QED) is 0.598. The van der Waals surface area contributed by atoms with E-state index in [0.29, 0.717) is 15.8 Å². The van der Waals surface area contributed by atoms with Crippen molar-refractivity contribution in [3.63, 3.8) is 0 Å². The second kappa shape index (κ2) is 6.01. The molecule has 0 aliphatic carbocycles. The molecule has 2 aromatic heterocycles. The summed E-state index contributed by atoms with van der Waals surface area (Å²) in [5.74, 6) is 5.45. The van der Waals surface area contributed by atoms with Crippen molar-refractivity contribution in [2.45, 2.75) is 13.0 Å². The smallest absolute Gasteiger partial charge is 0.270 e. The summed E-state index contributed by atoms with van der Waals surface area (Å²) in [6, 6.07) is 8.60. The first kappa shape index (κ1) is 13.8. The van der Waals surface area contributed by atoms with Gasteiger partial charge in [-0.15, -0.1) is 11.3 Å². The maximum Gasteiger partial charge on any atom is 0.270 e. The van der Waals surface area contributed by atoms with E-state index in [9.17, 15) is 4.79 Å². The first-order valence-electron chi connectivity index (χ1n) is 5.60. The van der Waals surface area contributed by atoms with Crippen LogP contribution in [0, 0.1) is 0 Å². The molecule has 0 aliphatic rings. The van der Waals surface area contributed by atoms with Gasteiger partial charge in [-0.2, -0.15) is 0 Å². The predicted molar refractivity (Wildman–Crippen MR) is 77.3 cm³/mol. The third-order valence-corrected chi connectivity index (χ3v) is 3.91. The number of carbonyl (C=O) groups is 1. The lowest BCUT2D eigenvalue weighted by Gasteiger charge is -2.12. The monoisotopic (exact) mass is 296 g/mol. The van der Waals surface area contributed by atoms with Crippen LogP contribution in [-0.2, 0) is 0 Å². The second-order valence-corrected chi connectivity index (χ2v) is 5.64. The topological polar surface area (TPSA) is 80.0 Å².